The molecule has 0 amide bonds. The number of hydrogen-bond acceptors (Lipinski definition) is 2. The number of ether oxygens (including phenoxy) is 1. The fourth-order valence-electron chi connectivity index (χ4n) is 2.92. The van der Waals surface area contributed by atoms with Crippen molar-refractivity contribution >= 4 is 0 Å². The lowest BCUT2D eigenvalue weighted by molar-refractivity contribution is 0.00372. The first-order chi connectivity index (χ1) is 7.38. The largest absolute Gasteiger partial charge is 0.377 e. The van der Waals surface area contributed by atoms with Crippen molar-refractivity contribution in [1.82, 2.24) is 5.32 Å². The maximum Gasteiger partial charge on any atom is 0.0623 e. The van der Waals surface area contributed by atoms with E-state index in [1.54, 1.807) is 0 Å². The van der Waals surface area contributed by atoms with E-state index in [0.717, 1.165) is 12.5 Å². The van der Waals surface area contributed by atoms with Gasteiger partial charge in [0.25, 0.3) is 0 Å². The molecule has 2 fully saturated rings. The molecule has 15 heavy (non-hydrogen) atoms. The van der Waals surface area contributed by atoms with Gasteiger partial charge in [0.05, 0.1) is 12.7 Å². The van der Waals surface area contributed by atoms with E-state index in [-0.39, 0.29) is 0 Å². The summed E-state index contributed by atoms with van der Waals surface area (Å²) in [6.07, 6.45) is 9.94. The van der Waals surface area contributed by atoms with E-state index in [2.05, 4.69) is 12.2 Å². The minimum absolute atomic E-state index is 0.561. The second-order valence-corrected chi connectivity index (χ2v) is 5.19. The summed E-state index contributed by atoms with van der Waals surface area (Å²) in [5, 5.41) is 3.50. The van der Waals surface area contributed by atoms with Gasteiger partial charge in [-0.05, 0) is 38.1 Å². The van der Waals surface area contributed by atoms with Crippen molar-refractivity contribution in [3.05, 3.63) is 0 Å². The Labute approximate surface area is 93.8 Å². The molecule has 88 valence electrons. The van der Waals surface area contributed by atoms with Crippen LogP contribution in [0.15, 0.2) is 0 Å². The molecule has 0 aromatic carbocycles. The van der Waals surface area contributed by atoms with Crippen LogP contribution in [0.25, 0.3) is 0 Å². The maximum absolute atomic E-state index is 6.04. The molecule has 0 radical (unpaired) electrons. The molecule has 0 bridgehead atoms. The molecule has 0 aromatic heterocycles. The Hall–Kier alpha value is -0.0800. The molecule has 2 aliphatic rings. The van der Waals surface area contributed by atoms with Crippen LogP contribution in [0, 0.1) is 5.92 Å². The minimum Gasteiger partial charge on any atom is -0.377 e. The zero-order valence-electron chi connectivity index (χ0n) is 10.0. The Morgan fingerprint density at radius 1 is 1.20 bits per heavy atom. The van der Waals surface area contributed by atoms with E-state index in [1.165, 1.54) is 51.5 Å². The summed E-state index contributed by atoms with van der Waals surface area (Å²) >= 11 is 0. The predicted octanol–water partition coefficient (Wildman–Crippen LogP) is 2.72. The van der Waals surface area contributed by atoms with Crippen molar-refractivity contribution in [2.75, 3.05) is 13.2 Å². The summed E-state index contributed by atoms with van der Waals surface area (Å²) in [4.78, 5) is 0. The second-order valence-electron chi connectivity index (χ2n) is 5.19. The van der Waals surface area contributed by atoms with Crippen LogP contribution in [-0.4, -0.2) is 25.3 Å². The van der Waals surface area contributed by atoms with Crippen LogP contribution >= 0.6 is 0 Å². The highest BCUT2D eigenvalue weighted by atomic mass is 16.5. The van der Waals surface area contributed by atoms with Crippen LogP contribution in [0.2, 0.25) is 0 Å². The fraction of sp³-hybridized carbons (Fsp3) is 1.00. The van der Waals surface area contributed by atoms with E-state index in [1.807, 2.05) is 0 Å². The Morgan fingerprint density at radius 2 is 2.13 bits per heavy atom. The molecule has 1 heterocycles. The van der Waals surface area contributed by atoms with E-state index in [9.17, 15) is 0 Å². The van der Waals surface area contributed by atoms with Gasteiger partial charge in [0.1, 0.15) is 0 Å². The lowest BCUT2D eigenvalue weighted by Crippen LogP contribution is -2.31. The molecule has 1 aliphatic carbocycles. The molecule has 2 heteroatoms. The average Bonchev–Trinajstić information content (AvgIpc) is 2.79. The first kappa shape index (κ1) is 11.4. The van der Waals surface area contributed by atoms with Gasteiger partial charge in [-0.15, -0.1) is 0 Å². The van der Waals surface area contributed by atoms with Gasteiger partial charge in [0.2, 0.25) is 0 Å². The molecule has 1 saturated heterocycles. The van der Waals surface area contributed by atoms with Crippen LogP contribution in [0.5, 0.6) is 0 Å². The van der Waals surface area contributed by atoms with E-state index in [4.69, 9.17) is 4.74 Å². The Bertz CT molecular complexity index is 177. The number of nitrogens with one attached hydrogen (secondary N) is 1. The van der Waals surface area contributed by atoms with Crippen LogP contribution in [0.3, 0.4) is 0 Å². The van der Waals surface area contributed by atoms with Crippen molar-refractivity contribution in [3.63, 3.8) is 0 Å². The standard InChI is InChI=1S/C13H25NO/c1-2-11-5-3-7-13(9-11)15-10-12-6-4-8-14-12/h11-14H,2-10H2,1H3/t11?,12-,13?/m1/s1. The molecule has 0 spiro atoms. The van der Waals surface area contributed by atoms with Crippen molar-refractivity contribution < 1.29 is 4.74 Å². The van der Waals surface area contributed by atoms with Crippen LogP contribution in [-0.2, 0) is 4.74 Å². The third kappa shape index (κ3) is 3.46. The summed E-state index contributed by atoms with van der Waals surface area (Å²) in [5.41, 5.74) is 0. The molecule has 1 N–H and O–H groups in total. The SMILES string of the molecule is CCC1CCCC(OC[C@H]2CCCN2)C1. The third-order valence-electron chi connectivity index (χ3n) is 4.01. The minimum atomic E-state index is 0.561. The van der Waals surface area contributed by atoms with Gasteiger partial charge in [-0.1, -0.05) is 26.2 Å². The normalized spacial score (nSPS) is 37.0. The summed E-state index contributed by atoms with van der Waals surface area (Å²) in [6.45, 7) is 4.45. The topological polar surface area (TPSA) is 21.3 Å². The predicted molar refractivity (Wildman–Crippen MR) is 63.0 cm³/mol. The summed E-state index contributed by atoms with van der Waals surface area (Å²) < 4.78 is 6.04. The average molecular weight is 211 g/mol. The highest BCUT2D eigenvalue weighted by molar-refractivity contribution is 4.76. The monoisotopic (exact) mass is 211 g/mol. The highest BCUT2D eigenvalue weighted by Crippen LogP contribution is 2.28. The Balaban J connectivity index is 1.65. The second kappa shape index (κ2) is 5.86. The molecular weight excluding hydrogens is 186 g/mol. The van der Waals surface area contributed by atoms with Crippen molar-refractivity contribution in [1.29, 1.82) is 0 Å². The van der Waals surface area contributed by atoms with Gasteiger partial charge in [-0.3, -0.25) is 0 Å². The quantitative estimate of drug-likeness (QED) is 0.772. The molecule has 0 aromatic rings. The third-order valence-corrected chi connectivity index (χ3v) is 4.01. The lowest BCUT2D eigenvalue weighted by Gasteiger charge is -2.29. The zero-order chi connectivity index (χ0) is 10.5. The van der Waals surface area contributed by atoms with Gasteiger partial charge in [0.15, 0.2) is 0 Å². The summed E-state index contributed by atoms with van der Waals surface area (Å²) in [5.74, 6) is 0.931. The maximum atomic E-state index is 6.04. The smallest absolute Gasteiger partial charge is 0.0623 e. The first-order valence-electron chi connectivity index (χ1n) is 6.73. The van der Waals surface area contributed by atoms with Gasteiger partial charge in [-0.2, -0.15) is 0 Å². The van der Waals surface area contributed by atoms with Crippen LogP contribution in [0.1, 0.15) is 51.9 Å². The lowest BCUT2D eigenvalue weighted by atomic mass is 9.85. The molecule has 1 aliphatic heterocycles. The summed E-state index contributed by atoms with van der Waals surface area (Å²) in [6, 6.07) is 0.645. The molecule has 3 atom stereocenters. The highest BCUT2D eigenvalue weighted by Gasteiger charge is 2.23. The van der Waals surface area contributed by atoms with Crippen molar-refractivity contribution in [2.45, 2.75) is 64.0 Å². The fourth-order valence-corrected chi connectivity index (χ4v) is 2.92. The van der Waals surface area contributed by atoms with Gasteiger partial charge in [-0.25, -0.2) is 0 Å². The first-order valence-corrected chi connectivity index (χ1v) is 6.73. The van der Waals surface area contributed by atoms with Crippen molar-refractivity contribution in [2.24, 2.45) is 5.92 Å². The van der Waals surface area contributed by atoms with Gasteiger partial charge in [0, 0.05) is 6.04 Å². The molecular formula is C13H25NO. The summed E-state index contributed by atoms with van der Waals surface area (Å²) in [7, 11) is 0. The van der Waals surface area contributed by atoms with Crippen molar-refractivity contribution in [3.8, 4) is 0 Å². The van der Waals surface area contributed by atoms with Gasteiger partial charge < -0.3 is 10.1 Å². The Kier molecular flexibility index (Phi) is 4.45. The van der Waals surface area contributed by atoms with Crippen LogP contribution in [0.4, 0.5) is 0 Å². The number of hydrogen-bond donors (Lipinski definition) is 1. The number of rotatable bonds is 4. The van der Waals surface area contributed by atoms with Crippen LogP contribution < -0.4 is 5.32 Å². The van der Waals surface area contributed by atoms with E-state index in [0.29, 0.717) is 12.1 Å². The Morgan fingerprint density at radius 3 is 2.87 bits per heavy atom. The zero-order valence-corrected chi connectivity index (χ0v) is 10.0. The molecule has 2 unspecified atom stereocenters. The molecule has 1 saturated carbocycles. The van der Waals surface area contributed by atoms with E-state index >= 15 is 0 Å². The van der Waals surface area contributed by atoms with Gasteiger partial charge >= 0.3 is 0 Å². The molecule has 2 nitrogen and oxygen atoms in total. The van der Waals surface area contributed by atoms with E-state index < -0.39 is 0 Å². The molecule has 2 rings (SSSR count).